The lowest BCUT2D eigenvalue weighted by atomic mass is 10.0. The second-order valence-electron chi connectivity index (χ2n) is 16.7. The van der Waals surface area contributed by atoms with E-state index in [0.717, 1.165) is 39.1 Å². The largest absolute Gasteiger partial charge is 0.639 e. The zero-order chi connectivity index (χ0) is 37.5. The summed E-state index contributed by atoms with van der Waals surface area (Å²) in [6, 6.07) is 0. The van der Waals surface area contributed by atoms with E-state index in [1.165, 1.54) is 250 Å². The quantitative estimate of drug-likeness (QED) is 0.0460. The minimum absolute atomic E-state index is 0.467. The minimum atomic E-state index is -0.467. The molecule has 3 nitrogen and oxygen atoms in total. The standard InChI is InChI=1S/C48H99BO3/c1-4-7-10-13-16-19-22-25-28-31-34-37-40-43-46-50-49(51-47-44-41-38-35-32-29-26-23-20-17-14-11-8-5-2)52-48-45-42-39-36-33-30-27-24-21-18-15-12-9-6-3/h4-48H2,1-3H3. The van der Waals surface area contributed by atoms with Gasteiger partial charge in [-0.2, -0.15) is 0 Å². The van der Waals surface area contributed by atoms with Crippen LogP contribution in [0.3, 0.4) is 0 Å². The van der Waals surface area contributed by atoms with E-state index in [1.54, 1.807) is 0 Å². The molecule has 0 saturated carbocycles. The molecule has 0 rings (SSSR count). The van der Waals surface area contributed by atoms with Gasteiger partial charge in [0.25, 0.3) is 0 Å². The van der Waals surface area contributed by atoms with E-state index in [1.807, 2.05) is 0 Å². The molecular weight excluding hydrogens is 635 g/mol. The third-order valence-corrected chi connectivity index (χ3v) is 11.3. The Bertz CT molecular complexity index is 521. The van der Waals surface area contributed by atoms with Crippen molar-refractivity contribution in [1.29, 1.82) is 0 Å². The van der Waals surface area contributed by atoms with Crippen molar-refractivity contribution in [2.45, 2.75) is 290 Å². The maximum Gasteiger partial charge on any atom is 0.639 e. The molecule has 0 aliphatic carbocycles. The summed E-state index contributed by atoms with van der Waals surface area (Å²) in [5.41, 5.74) is 0. The molecule has 0 N–H and O–H groups in total. The summed E-state index contributed by atoms with van der Waals surface area (Å²) in [6.07, 6.45) is 58.2. The van der Waals surface area contributed by atoms with E-state index in [-0.39, 0.29) is 0 Å². The monoisotopic (exact) mass is 735 g/mol. The average molecular weight is 735 g/mol. The molecule has 0 unspecified atom stereocenters. The number of rotatable bonds is 48. The zero-order valence-corrected chi connectivity index (χ0v) is 36.6. The normalized spacial score (nSPS) is 11.6. The fourth-order valence-electron chi connectivity index (χ4n) is 7.57. The van der Waals surface area contributed by atoms with E-state index in [0.29, 0.717) is 0 Å². The maximum atomic E-state index is 6.14. The number of hydrogen-bond donors (Lipinski definition) is 0. The molecule has 0 radical (unpaired) electrons. The predicted octanol–water partition coefficient (Wildman–Crippen LogP) is 17.5. The van der Waals surface area contributed by atoms with Crippen molar-refractivity contribution < 1.29 is 14.0 Å². The lowest BCUT2D eigenvalue weighted by Gasteiger charge is -2.15. The molecule has 0 saturated heterocycles. The molecule has 0 aliphatic rings. The highest BCUT2D eigenvalue weighted by Gasteiger charge is 2.20. The Morgan fingerprint density at radius 3 is 0.481 bits per heavy atom. The van der Waals surface area contributed by atoms with Crippen LogP contribution in [0.2, 0.25) is 0 Å². The topological polar surface area (TPSA) is 27.7 Å². The molecule has 312 valence electrons. The van der Waals surface area contributed by atoms with Gasteiger partial charge in [0.05, 0.1) is 0 Å². The molecule has 0 atom stereocenters. The Kier molecular flexibility index (Phi) is 48.9. The Balaban J connectivity index is 3.94. The van der Waals surface area contributed by atoms with Crippen molar-refractivity contribution in [3.8, 4) is 0 Å². The highest BCUT2D eigenvalue weighted by molar-refractivity contribution is 6.36. The molecule has 4 heteroatoms. The second kappa shape index (κ2) is 49.0. The summed E-state index contributed by atoms with van der Waals surface area (Å²) in [5.74, 6) is 0. The van der Waals surface area contributed by atoms with Gasteiger partial charge >= 0.3 is 7.32 Å². The van der Waals surface area contributed by atoms with Gasteiger partial charge in [-0.3, -0.25) is 0 Å². The SMILES string of the molecule is CCCCCCCCCCCCCCCCOB(OCCCCCCCCCCCCCCCC)OCCCCCCCCCCCCCCCC. The summed E-state index contributed by atoms with van der Waals surface area (Å²) < 4.78 is 18.4. The molecule has 0 aromatic carbocycles. The van der Waals surface area contributed by atoms with E-state index >= 15 is 0 Å². The fourth-order valence-corrected chi connectivity index (χ4v) is 7.57. The molecule has 52 heavy (non-hydrogen) atoms. The van der Waals surface area contributed by atoms with E-state index in [9.17, 15) is 0 Å². The van der Waals surface area contributed by atoms with Crippen LogP contribution in [-0.2, 0) is 14.0 Å². The van der Waals surface area contributed by atoms with Crippen LogP contribution in [0.5, 0.6) is 0 Å². The second-order valence-corrected chi connectivity index (χ2v) is 16.7. The predicted molar refractivity (Wildman–Crippen MR) is 235 cm³/mol. The zero-order valence-electron chi connectivity index (χ0n) is 36.6. The molecule has 0 spiro atoms. The van der Waals surface area contributed by atoms with Gasteiger partial charge in [0.2, 0.25) is 0 Å². The molecule has 0 bridgehead atoms. The van der Waals surface area contributed by atoms with Gasteiger partial charge in [0, 0.05) is 19.8 Å². The minimum Gasteiger partial charge on any atom is -0.386 e. The van der Waals surface area contributed by atoms with Crippen LogP contribution in [0.4, 0.5) is 0 Å². The first-order valence-electron chi connectivity index (χ1n) is 24.7. The molecule has 0 heterocycles. The van der Waals surface area contributed by atoms with E-state index in [2.05, 4.69) is 20.8 Å². The molecule has 0 aromatic rings. The van der Waals surface area contributed by atoms with Crippen molar-refractivity contribution >= 4 is 7.32 Å². The number of unbranched alkanes of at least 4 members (excludes halogenated alkanes) is 39. The van der Waals surface area contributed by atoms with Crippen LogP contribution >= 0.6 is 0 Å². The van der Waals surface area contributed by atoms with Gasteiger partial charge in [-0.25, -0.2) is 0 Å². The van der Waals surface area contributed by atoms with E-state index in [4.69, 9.17) is 14.0 Å². The van der Waals surface area contributed by atoms with Gasteiger partial charge in [-0.05, 0) is 19.3 Å². The van der Waals surface area contributed by atoms with Crippen LogP contribution in [-0.4, -0.2) is 27.1 Å². The summed E-state index contributed by atoms with van der Waals surface area (Å²) in [7, 11) is -0.467. The van der Waals surface area contributed by atoms with Crippen molar-refractivity contribution in [2.75, 3.05) is 19.8 Å². The molecule has 0 aliphatic heterocycles. The Labute approximate surface area is 330 Å². The van der Waals surface area contributed by atoms with Gasteiger partial charge in [-0.15, -0.1) is 0 Å². The van der Waals surface area contributed by atoms with Crippen LogP contribution in [0.1, 0.15) is 290 Å². The van der Waals surface area contributed by atoms with Crippen molar-refractivity contribution in [3.63, 3.8) is 0 Å². The summed E-state index contributed by atoms with van der Waals surface area (Å²) in [6.45, 7) is 9.20. The first kappa shape index (κ1) is 51.9. The summed E-state index contributed by atoms with van der Waals surface area (Å²) >= 11 is 0. The average Bonchev–Trinajstić information content (AvgIpc) is 3.15. The fraction of sp³-hybridized carbons (Fsp3) is 1.00. The first-order valence-corrected chi connectivity index (χ1v) is 24.7. The summed E-state index contributed by atoms with van der Waals surface area (Å²) in [4.78, 5) is 0. The third-order valence-electron chi connectivity index (χ3n) is 11.3. The first-order chi connectivity index (χ1) is 25.8. The van der Waals surface area contributed by atoms with E-state index < -0.39 is 7.32 Å². The Hall–Kier alpha value is -0.0551. The smallest absolute Gasteiger partial charge is 0.386 e. The summed E-state index contributed by atoms with van der Waals surface area (Å²) in [5, 5.41) is 0. The highest BCUT2D eigenvalue weighted by Crippen LogP contribution is 2.16. The lowest BCUT2D eigenvalue weighted by molar-refractivity contribution is 0.0885. The molecular formula is C48H99BO3. The van der Waals surface area contributed by atoms with Gasteiger partial charge in [0.15, 0.2) is 0 Å². The lowest BCUT2D eigenvalue weighted by Crippen LogP contribution is -2.28. The van der Waals surface area contributed by atoms with Crippen LogP contribution in [0.25, 0.3) is 0 Å². The van der Waals surface area contributed by atoms with Gasteiger partial charge in [-0.1, -0.05) is 271 Å². The third kappa shape index (κ3) is 46.1. The van der Waals surface area contributed by atoms with Gasteiger partial charge < -0.3 is 14.0 Å². The highest BCUT2D eigenvalue weighted by atomic mass is 16.7. The van der Waals surface area contributed by atoms with Crippen molar-refractivity contribution in [3.05, 3.63) is 0 Å². The molecule has 0 fully saturated rings. The molecule has 0 amide bonds. The Morgan fingerprint density at radius 1 is 0.192 bits per heavy atom. The maximum absolute atomic E-state index is 6.14. The van der Waals surface area contributed by atoms with Crippen LogP contribution < -0.4 is 0 Å². The van der Waals surface area contributed by atoms with Gasteiger partial charge in [0.1, 0.15) is 0 Å². The number of hydrogen-bond acceptors (Lipinski definition) is 3. The Morgan fingerprint density at radius 2 is 0.327 bits per heavy atom. The molecule has 0 aromatic heterocycles. The van der Waals surface area contributed by atoms with Crippen LogP contribution in [0.15, 0.2) is 0 Å². The van der Waals surface area contributed by atoms with Crippen molar-refractivity contribution in [2.24, 2.45) is 0 Å². The van der Waals surface area contributed by atoms with Crippen molar-refractivity contribution in [1.82, 2.24) is 0 Å². The van der Waals surface area contributed by atoms with Crippen LogP contribution in [0, 0.1) is 0 Å².